The van der Waals surface area contributed by atoms with Crippen LogP contribution in [0, 0.1) is 10.1 Å². The zero-order valence-electron chi connectivity index (χ0n) is 11.3. The second-order valence-electron chi connectivity index (χ2n) is 3.95. The van der Waals surface area contributed by atoms with Gasteiger partial charge in [-0.05, 0) is 6.07 Å². The first-order valence-electron chi connectivity index (χ1n) is 5.92. The lowest BCUT2D eigenvalue weighted by Crippen LogP contribution is -2.31. The van der Waals surface area contributed by atoms with Crippen molar-refractivity contribution in [2.45, 2.75) is 0 Å². The molecule has 9 nitrogen and oxygen atoms in total. The van der Waals surface area contributed by atoms with E-state index in [1.165, 1.54) is 13.2 Å². The Balaban J connectivity index is 2.56. The number of nitrogens with zero attached hydrogens (tertiary/aromatic N) is 1. The molecule has 0 bridgehead atoms. The SMILES string of the molecule is COCCNC(=O)COC(=O)c1ccc([N+](=O)[O-])cc1N. The molecule has 0 aromatic heterocycles. The maximum Gasteiger partial charge on any atom is 0.340 e. The number of nitrogens with two attached hydrogens (primary N) is 1. The molecule has 0 atom stereocenters. The van der Waals surface area contributed by atoms with Gasteiger partial charge in [0.1, 0.15) is 0 Å². The third kappa shape index (κ3) is 5.07. The van der Waals surface area contributed by atoms with Crippen molar-refractivity contribution < 1.29 is 24.0 Å². The van der Waals surface area contributed by atoms with Gasteiger partial charge in [0.2, 0.25) is 0 Å². The number of hydrogen-bond donors (Lipinski definition) is 2. The summed E-state index contributed by atoms with van der Waals surface area (Å²) in [6.07, 6.45) is 0. The van der Waals surface area contributed by atoms with Crippen LogP contribution in [0.3, 0.4) is 0 Å². The van der Waals surface area contributed by atoms with Crippen LogP contribution in [0.2, 0.25) is 0 Å². The number of nitro groups is 1. The predicted molar refractivity (Wildman–Crippen MR) is 72.7 cm³/mol. The maximum absolute atomic E-state index is 11.7. The van der Waals surface area contributed by atoms with Gasteiger partial charge in [-0.3, -0.25) is 14.9 Å². The number of nitrogens with one attached hydrogen (secondary N) is 1. The second-order valence-corrected chi connectivity index (χ2v) is 3.95. The number of amides is 1. The first-order valence-corrected chi connectivity index (χ1v) is 5.92. The van der Waals surface area contributed by atoms with Gasteiger partial charge in [0.05, 0.1) is 22.8 Å². The molecular formula is C12H15N3O6. The highest BCUT2D eigenvalue weighted by atomic mass is 16.6. The summed E-state index contributed by atoms with van der Waals surface area (Å²) in [5.74, 6) is -1.31. The highest BCUT2D eigenvalue weighted by molar-refractivity contribution is 5.96. The van der Waals surface area contributed by atoms with Gasteiger partial charge in [-0.1, -0.05) is 0 Å². The molecular weight excluding hydrogens is 282 g/mol. The third-order valence-electron chi connectivity index (χ3n) is 2.43. The van der Waals surface area contributed by atoms with E-state index in [1.807, 2.05) is 0 Å². The van der Waals surface area contributed by atoms with E-state index in [0.717, 1.165) is 12.1 Å². The highest BCUT2D eigenvalue weighted by Crippen LogP contribution is 2.20. The van der Waals surface area contributed by atoms with Crippen molar-refractivity contribution >= 4 is 23.3 Å². The Hall–Kier alpha value is -2.68. The van der Waals surface area contributed by atoms with Crippen LogP contribution in [0.25, 0.3) is 0 Å². The van der Waals surface area contributed by atoms with Gasteiger partial charge in [0, 0.05) is 25.8 Å². The van der Waals surface area contributed by atoms with Crippen LogP contribution in [0.4, 0.5) is 11.4 Å². The number of methoxy groups -OCH3 is 1. The minimum absolute atomic E-state index is 0.0368. The van der Waals surface area contributed by atoms with Gasteiger partial charge < -0.3 is 20.5 Å². The predicted octanol–water partition coefficient (Wildman–Crippen LogP) is 0.0964. The fraction of sp³-hybridized carbons (Fsp3) is 0.333. The van der Waals surface area contributed by atoms with E-state index in [4.69, 9.17) is 15.2 Å². The van der Waals surface area contributed by atoms with Gasteiger partial charge >= 0.3 is 5.97 Å². The Labute approximate surface area is 120 Å². The number of anilines is 1. The number of hydrogen-bond acceptors (Lipinski definition) is 7. The van der Waals surface area contributed by atoms with Crippen LogP contribution < -0.4 is 11.1 Å². The average molecular weight is 297 g/mol. The Kier molecular flexibility index (Phi) is 6.08. The topological polar surface area (TPSA) is 134 Å². The molecule has 0 spiro atoms. The molecule has 1 aromatic rings. The Morgan fingerprint density at radius 1 is 1.43 bits per heavy atom. The number of carbonyl (C=O) groups is 2. The van der Waals surface area contributed by atoms with Crippen molar-refractivity contribution in [1.82, 2.24) is 5.32 Å². The zero-order chi connectivity index (χ0) is 15.8. The Morgan fingerprint density at radius 2 is 2.14 bits per heavy atom. The van der Waals surface area contributed by atoms with E-state index in [2.05, 4.69) is 5.32 Å². The number of rotatable bonds is 7. The molecule has 1 rings (SSSR count). The molecule has 0 unspecified atom stereocenters. The summed E-state index contributed by atoms with van der Waals surface area (Å²) >= 11 is 0. The molecule has 1 amide bonds. The number of nitro benzene ring substituents is 1. The summed E-state index contributed by atoms with van der Waals surface area (Å²) in [7, 11) is 1.49. The lowest BCUT2D eigenvalue weighted by Gasteiger charge is -2.07. The summed E-state index contributed by atoms with van der Waals surface area (Å²) in [5.41, 5.74) is 5.18. The first-order chi connectivity index (χ1) is 9.95. The normalized spacial score (nSPS) is 9.95. The van der Waals surface area contributed by atoms with Gasteiger partial charge in [-0.2, -0.15) is 0 Å². The van der Waals surface area contributed by atoms with Gasteiger partial charge in [-0.15, -0.1) is 0 Å². The maximum atomic E-state index is 11.7. The Morgan fingerprint density at radius 3 is 2.71 bits per heavy atom. The number of benzene rings is 1. The van der Waals surface area contributed by atoms with Gasteiger partial charge in [0.25, 0.3) is 11.6 Å². The van der Waals surface area contributed by atoms with Gasteiger partial charge in [-0.25, -0.2) is 4.79 Å². The Bertz CT molecular complexity index is 546. The van der Waals surface area contributed by atoms with Crippen molar-refractivity contribution in [3.05, 3.63) is 33.9 Å². The quantitative estimate of drug-likeness (QED) is 0.239. The van der Waals surface area contributed by atoms with Crippen molar-refractivity contribution in [2.75, 3.05) is 32.6 Å². The number of ether oxygens (including phenoxy) is 2. The molecule has 0 aliphatic carbocycles. The molecule has 0 aliphatic heterocycles. The van der Waals surface area contributed by atoms with Crippen LogP contribution in [0.15, 0.2) is 18.2 Å². The van der Waals surface area contributed by atoms with E-state index in [-0.39, 0.29) is 16.9 Å². The van der Waals surface area contributed by atoms with E-state index in [9.17, 15) is 19.7 Å². The van der Waals surface area contributed by atoms with E-state index in [1.54, 1.807) is 0 Å². The number of carbonyl (C=O) groups excluding carboxylic acids is 2. The van der Waals surface area contributed by atoms with Crippen LogP contribution in [-0.2, 0) is 14.3 Å². The highest BCUT2D eigenvalue weighted by Gasteiger charge is 2.16. The third-order valence-corrected chi connectivity index (χ3v) is 2.43. The number of esters is 1. The summed E-state index contributed by atoms with van der Waals surface area (Å²) in [6.45, 7) is 0.167. The van der Waals surface area contributed by atoms with Crippen LogP contribution in [-0.4, -0.2) is 43.7 Å². The monoisotopic (exact) mass is 297 g/mol. The van der Waals surface area contributed by atoms with Crippen LogP contribution in [0.1, 0.15) is 10.4 Å². The summed E-state index contributed by atoms with van der Waals surface area (Å²) in [4.78, 5) is 32.9. The molecule has 0 radical (unpaired) electrons. The molecule has 1 aromatic carbocycles. The molecule has 3 N–H and O–H groups in total. The van der Waals surface area contributed by atoms with Crippen LogP contribution in [0.5, 0.6) is 0 Å². The fourth-order valence-electron chi connectivity index (χ4n) is 1.40. The molecule has 0 saturated heterocycles. The van der Waals surface area contributed by atoms with Gasteiger partial charge in [0.15, 0.2) is 6.61 Å². The minimum atomic E-state index is -0.829. The van der Waals surface area contributed by atoms with Crippen molar-refractivity contribution in [1.29, 1.82) is 0 Å². The van der Waals surface area contributed by atoms with E-state index < -0.39 is 23.4 Å². The van der Waals surface area contributed by atoms with Crippen molar-refractivity contribution in [2.24, 2.45) is 0 Å². The molecule has 9 heteroatoms. The largest absolute Gasteiger partial charge is 0.452 e. The molecule has 0 aliphatic rings. The minimum Gasteiger partial charge on any atom is -0.452 e. The fourth-order valence-corrected chi connectivity index (χ4v) is 1.40. The second kappa shape index (κ2) is 7.80. The average Bonchev–Trinajstić information content (AvgIpc) is 2.44. The van der Waals surface area contributed by atoms with Crippen LogP contribution >= 0.6 is 0 Å². The van der Waals surface area contributed by atoms with Crippen molar-refractivity contribution in [3.8, 4) is 0 Å². The summed E-state index contributed by atoms with van der Waals surface area (Å²) in [5, 5.41) is 13.0. The molecule has 21 heavy (non-hydrogen) atoms. The molecule has 0 saturated carbocycles. The number of nitrogen functional groups attached to an aromatic ring is 1. The van der Waals surface area contributed by atoms with E-state index in [0.29, 0.717) is 13.2 Å². The molecule has 0 heterocycles. The summed E-state index contributed by atoms with van der Waals surface area (Å²) in [6, 6.07) is 3.36. The number of non-ortho nitro benzene ring substituents is 1. The summed E-state index contributed by atoms with van der Waals surface area (Å²) < 4.78 is 9.50. The lowest BCUT2D eigenvalue weighted by molar-refractivity contribution is -0.384. The molecule has 114 valence electrons. The van der Waals surface area contributed by atoms with E-state index >= 15 is 0 Å². The standard InChI is InChI=1S/C12H15N3O6/c1-20-5-4-14-11(16)7-21-12(17)9-3-2-8(15(18)19)6-10(9)13/h2-3,6H,4-5,7,13H2,1H3,(H,14,16). The molecule has 0 fully saturated rings. The first kappa shape index (κ1) is 16.4. The van der Waals surface area contributed by atoms with Crippen molar-refractivity contribution in [3.63, 3.8) is 0 Å². The smallest absolute Gasteiger partial charge is 0.340 e. The lowest BCUT2D eigenvalue weighted by atomic mass is 10.1. The zero-order valence-corrected chi connectivity index (χ0v) is 11.3.